The third-order valence-corrected chi connectivity index (χ3v) is 6.83. The van der Waals surface area contributed by atoms with Crippen LogP contribution in [0.25, 0.3) is 10.9 Å². The van der Waals surface area contributed by atoms with Crippen LogP contribution in [0.1, 0.15) is 16.7 Å². The Morgan fingerprint density at radius 2 is 1.73 bits per heavy atom. The van der Waals surface area contributed by atoms with Crippen molar-refractivity contribution in [1.82, 2.24) is 9.29 Å². The zero-order valence-electron chi connectivity index (χ0n) is 16.7. The summed E-state index contributed by atoms with van der Waals surface area (Å²) in [5.74, 6) is 0. The second-order valence-electron chi connectivity index (χ2n) is 7.39. The van der Waals surface area contributed by atoms with Crippen molar-refractivity contribution in [3.63, 3.8) is 0 Å². The van der Waals surface area contributed by atoms with Crippen LogP contribution in [0, 0.1) is 6.92 Å². The Labute approximate surface area is 182 Å². The highest BCUT2D eigenvalue weighted by atomic mass is 35.5. The van der Waals surface area contributed by atoms with Crippen LogP contribution in [-0.2, 0) is 23.0 Å². The van der Waals surface area contributed by atoms with E-state index in [9.17, 15) is 8.42 Å². The lowest BCUT2D eigenvalue weighted by Gasteiger charge is -2.07. The van der Waals surface area contributed by atoms with E-state index in [4.69, 9.17) is 11.6 Å². The molecule has 0 spiro atoms. The molecule has 4 nitrogen and oxygen atoms in total. The molecule has 0 saturated heterocycles. The van der Waals surface area contributed by atoms with Crippen molar-refractivity contribution in [1.29, 1.82) is 0 Å². The summed E-state index contributed by atoms with van der Waals surface area (Å²) in [5.41, 5.74) is 4.32. The minimum Gasteiger partial charge on any atom is -0.343 e. The minimum atomic E-state index is -3.52. The van der Waals surface area contributed by atoms with Gasteiger partial charge in [0, 0.05) is 35.2 Å². The molecule has 4 rings (SSSR count). The second-order valence-corrected chi connectivity index (χ2v) is 9.59. The zero-order valence-corrected chi connectivity index (χ0v) is 18.2. The summed E-state index contributed by atoms with van der Waals surface area (Å²) >= 11 is 6.00. The van der Waals surface area contributed by atoms with Gasteiger partial charge < -0.3 is 4.57 Å². The van der Waals surface area contributed by atoms with Crippen molar-refractivity contribution in [2.24, 2.45) is 0 Å². The molecular weight excluding hydrogens is 416 g/mol. The van der Waals surface area contributed by atoms with Gasteiger partial charge >= 0.3 is 0 Å². The molecular formula is C24H23ClN2O2S. The molecule has 0 bridgehead atoms. The van der Waals surface area contributed by atoms with Crippen LogP contribution in [-0.4, -0.2) is 19.5 Å². The molecule has 0 saturated carbocycles. The van der Waals surface area contributed by atoms with Crippen LogP contribution >= 0.6 is 11.6 Å². The van der Waals surface area contributed by atoms with Gasteiger partial charge in [-0.25, -0.2) is 13.1 Å². The number of hydrogen-bond acceptors (Lipinski definition) is 2. The number of aryl methyl sites for hydroxylation is 1. The fourth-order valence-corrected chi connectivity index (χ4v) is 4.89. The number of nitrogens with zero attached hydrogens (tertiary/aromatic N) is 1. The first kappa shape index (κ1) is 20.7. The van der Waals surface area contributed by atoms with E-state index in [0.717, 1.165) is 39.2 Å². The van der Waals surface area contributed by atoms with Gasteiger partial charge in [-0.2, -0.15) is 0 Å². The summed E-state index contributed by atoms with van der Waals surface area (Å²) in [7, 11) is -3.52. The molecule has 0 unspecified atom stereocenters. The molecule has 30 heavy (non-hydrogen) atoms. The number of rotatable bonds is 7. The fourth-order valence-electron chi connectivity index (χ4n) is 3.63. The average molecular weight is 439 g/mol. The second kappa shape index (κ2) is 8.64. The lowest BCUT2D eigenvalue weighted by molar-refractivity contribution is 0.581. The van der Waals surface area contributed by atoms with Gasteiger partial charge in [0.05, 0.1) is 4.90 Å². The quantitative estimate of drug-likeness (QED) is 0.432. The highest BCUT2D eigenvalue weighted by Gasteiger charge is 2.14. The maximum absolute atomic E-state index is 12.6. The number of fused-ring (bicyclic) bond motifs is 1. The van der Waals surface area contributed by atoms with E-state index in [0.29, 0.717) is 17.9 Å². The molecule has 0 aliphatic rings. The first-order chi connectivity index (χ1) is 14.4. The summed E-state index contributed by atoms with van der Waals surface area (Å²) < 4.78 is 30.1. The summed E-state index contributed by atoms with van der Waals surface area (Å²) in [6.07, 6.45) is 2.72. The Morgan fingerprint density at radius 3 is 2.50 bits per heavy atom. The van der Waals surface area contributed by atoms with Crippen LogP contribution in [0.5, 0.6) is 0 Å². The molecule has 0 fully saturated rings. The predicted octanol–water partition coefficient (Wildman–Crippen LogP) is 5.17. The Hall–Kier alpha value is -2.60. The van der Waals surface area contributed by atoms with E-state index in [1.807, 2.05) is 49.4 Å². The molecule has 0 atom stereocenters. The van der Waals surface area contributed by atoms with Gasteiger partial charge in [0.15, 0.2) is 0 Å². The standard InChI is InChI=1S/C24H23ClN2O2S/c1-18-5-4-6-22(15-18)30(28,29)26-14-13-20-17-27(24-8-3-2-7-23(20)24)16-19-9-11-21(25)12-10-19/h2-12,15,17,26H,13-14,16H2,1H3. The normalized spacial score (nSPS) is 11.8. The molecule has 1 heterocycles. The number of para-hydroxylation sites is 1. The predicted molar refractivity (Wildman–Crippen MR) is 123 cm³/mol. The van der Waals surface area contributed by atoms with Crippen molar-refractivity contribution in [3.05, 3.63) is 101 Å². The zero-order chi connectivity index (χ0) is 21.1. The van der Waals surface area contributed by atoms with Gasteiger partial charge in [-0.1, -0.05) is 54.1 Å². The largest absolute Gasteiger partial charge is 0.343 e. The molecule has 0 aliphatic carbocycles. The number of aromatic nitrogens is 1. The molecule has 0 amide bonds. The number of benzene rings is 3. The number of nitrogens with one attached hydrogen (secondary N) is 1. The van der Waals surface area contributed by atoms with Gasteiger partial charge in [0.1, 0.15) is 0 Å². The molecule has 4 aromatic rings. The van der Waals surface area contributed by atoms with Gasteiger partial charge in [-0.15, -0.1) is 0 Å². The van der Waals surface area contributed by atoms with E-state index >= 15 is 0 Å². The summed E-state index contributed by atoms with van der Waals surface area (Å²) in [4.78, 5) is 0.299. The molecule has 1 N–H and O–H groups in total. The maximum Gasteiger partial charge on any atom is 0.240 e. The van der Waals surface area contributed by atoms with Crippen molar-refractivity contribution < 1.29 is 8.42 Å². The molecule has 154 valence electrons. The number of halogens is 1. The third-order valence-electron chi connectivity index (χ3n) is 5.12. The van der Waals surface area contributed by atoms with Crippen LogP contribution < -0.4 is 4.72 Å². The average Bonchev–Trinajstić information content (AvgIpc) is 3.07. The summed E-state index contributed by atoms with van der Waals surface area (Å²) in [6, 6.07) is 23.0. The van der Waals surface area contributed by atoms with Crippen LogP contribution in [0.3, 0.4) is 0 Å². The van der Waals surface area contributed by atoms with E-state index in [2.05, 4.69) is 27.6 Å². The molecule has 0 aliphatic heterocycles. The summed E-state index contributed by atoms with van der Waals surface area (Å²) in [5, 5.41) is 1.86. The van der Waals surface area contributed by atoms with E-state index in [1.165, 1.54) is 0 Å². The number of sulfonamides is 1. The summed E-state index contributed by atoms with van der Waals surface area (Å²) in [6.45, 7) is 2.95. The smallest absolute Gasteiger partial charge is 0.240 e. The van der Waals surface area contributed by atoms with Crippen molar-refractivity contribution in [3.8, 4) is 0 Å². The topological polar surface area (TPSA) is 51.1 Å². The Morgan fingerprint density at radius 1 is 0.967 bits per heavy atom. The first-order valence-corrected chi connectivity index (χ1v) is 11.7. The van der Waals surface area contributed by atoms with Gasteiger partial charge in [0.25, 0.3) is 0 Å². The number of hydrogen-bond donors (Lipinski definition) is 1. The van der Waals surface area contributed by atoms with E-state index in [-0.39, 0.29) is 0 Å². The van der Waals surface area contributed by atoms with E-state index < -0.39 is 10.0 Å². The fraction of sp³-hybridized carbons (Fsp3) is 0.167. The Balaban J connectivity index is 1.52. The van der Waals surface area contributed by atoms with Crippen LogP contribution in [0.4, 0.5) is 0 Å². The first-order valence-electron chi connectivity index (χ1n) is 9.80. The SMILES string of the molecule is Cc1cccc(S(=O)(=O)NCCc2cn(Cc3ccc(Cl)cc3)c3ccccc23)c1. The monoisotopic (exact) mass is 438 g/mol. The lowest BCUT2D eigenvalue weighted by atomic mass is 10.1. The van der Waals surface area contributed by atoms with E-state index in [1.54, 1.807) is 18.2 Å². The molecule has 0 radical (unpaired) electrons. The molecule has 1 aromatic heterocycles. The minimum absolute atomic E-state index is 0.299. The van der Waals surface area contributed by atoms with Gasteiger partial charge in [-0.3, -0.25) is 0 Å². The Kier molecular flexibility index (Phi) is 5.95. The Bertz CT molecular complexity index is 1280. The van der Waals surface area contributed by atoms with Crippen molar-refractivity contribution >= 4 is 32.5 Å². The highest BCUT2D eigenvalue weighted by Crippen LogP contribution is 2.23. The lowest BCUT2D eigenvalue weighted by Crippen LogP contribution is -2.26. The molecule has 6 heteroatoms. The van der Waals surface area contributed by atoms with Gasteiger partial charge in [0.2, 0.25) is 10.0 Å². The van der Waals surface area contributed by atoms with Crippen molar-refractivity contribution in [2.45, 2.75) is 24.8 Å². The van der Waals surface area contributed by atoms with Crippen molar-refractivity contribution in [2.75, 3.05) is 6.54 Å². The van der Waals surface area contributed by atoms with Crippen LogP contribution in [0.2, 0.25) is 5.02 Å². The highest BCUT2D eigenvalue weighted by molar-refractivity contribution is 7.89. The van der Waals surface area contributed by atoms with Gasteiger partial charge in [-0.05, 0) is 60.4 Å². The maximum atomic E-state index is 12.6. The third kappa shape index (κ3) is 4.59. The van der Waals surface area contributed by atoms with Crippen LogP contribution in [0.15, 0.2) is 83.9 Å². The molecule has 3 aromatic carbocycles.